The summed E-state index contributed by atoms with van der Waals surface area (Å²) in [4.78, 5) is 20.4. The van der Waals surface area contributed by atoms with E-state index < -0.39 is 5.91 Å². The first-order valence-corrected chi connectivity index (χ1v) is 9.31. The molecule has 0 bridgehead atoms. The number of nitrogens with zero attached hydrogens (tertiary/aromatic N) is 2. The van der Waals surface area contributed by atoms with Crippen molar-refractivity contribution in [2.45, 2.75) is 13.8 Å². The fourth-order valence-electron chi connectivity index (χ4n) is 2.47. The van der Waals surface area contributed by atoms with E-state index in [1.54, 1.807) is 17.6 Å². The van der Waals surface area contributed by atoms with E-state index in [1.165, 1.54) is 17.4 Å². The lowest BCUT2D eigenvalue weighted by molar-refractivity contribution is 0.0701. The van der Waals surface area contributed by atoms with Crippen molar-refractivity contribution in [1.82, 2.24) is 15.4 Å². The number of hydrogen-bond donors (Lipinski definition) is 2. The Kier molecular flexibility index (Phi) is 6.00. The van der Waals surface area contributed by atoms with Crippen LogP contribution < -0.4 is 15.0 Å². The molecule has 0 saturated carbocycles. The van der Waals surface area contributed by atoms with Gasteiger partial charge in [0.2, 0.25) is 0 Å². The number of nitrogens with one attached hydrogen (secondary N) is 1. The number of benzene rings is 1. The summed E-state index contributed by atoms with van der Waals surface area (Å²) in [6, 6.07) is 10.7. The van der Waals surface area contributed by atoms with Crippen molar-refractivity contribution in [3.63, 3.8) is 0 Å². The van der Waals surface area contributed by atoms with Crippen molar-refractivity contribution in [1.29, 1.82) is 0 Å². The number of amides is 1. The molecule has 0 radical (unpaired) electrons. The maximum atomic E-state index is 11.5. The van der Waals surface area contributed by atoms with Crippen LogP contribution in [-0.2, 0) is 0 Å². The lowest BCUT2D eigenvalue weighted by Crippen LogP contribution is -2.19. The highest BCUT2D eigenvalue weighted by molar-refractivity contribution is 7.13. The average molecular weight is 385 g/mol. The van der Waals surface area contributed by atoms with Gasteiger partial charge >= 0.3 is 0 Å². The predicted octanol–water partition coefficient (Wildman–Crippen LogP) is 3.79. The second-order valence-electron chi connectivity index (χ2n) is 5.41. The van der Waals surface area contributed by atoms with Crippen molar-refractivity contribution >= 4 is 17.2 Å². The highest BCUT2D eigenvalue weighted by Crippen LogP contribution is 2.35. The summed E-state index contributed by atoms with van der Waals surface area (Å²) in [7, 11) is 0. The molecule has 0 atom stereocenters. The fourth-order valence-corrected chi connectivity index (χ4v) is 3.28. The van der Waals surface area contributed by atoms with Gasteiger partial charge in [0.15, 0.2) is 11.5 Å². The maximum absolute atomic E-state index is 11.5. The molecule has 2 heterocycles. The van der Waals surface area contributed by atoms with E-state index in [-0.39, 0.29) is 5.69 Å². The van der Waals surface area contributed by atoms with Gasteiger partial charge < -0.3 is 9.47 Å². The molecule has 0 aliphatic heterocycles. The smallest absolute Gasteiger partial charge is 0.293 e. The predicted molar refractivity (Wildman–Crippen MR) is 102 cm³/mol. The van der Waals surface area contributed by atoms with Gasteiger partial charge in [-0.05, 0) is 44.2 Å². The van der Waals surface area contributed by atoms with E-state index in [1.807, 2.05) is 37.4 Å². The molecule has 1 aromatic carbocycles. The van der Waals surface area contributed by atoms with E-state index in [4.69, 9.17) is 14.7 Å². The van der Waals surface area contributed by atoms with Crippen LogP contribution in [0, 0.1) is 0 Å². The van der Waals surface area contributed by atoms with Gasteiger partial charge in [-0.1, -0.05) is 6.07 Å². The molecule has 3 rings (SSSR count). The van der Waals surface area contributed by atoms with Crippen LogP contribution in [0.4, 0.5) is 0 Å². The number of aromatic nitrogens is 2. The largest absolute Gasteiger partial charge is 0.490 e. The van der Waals surface area contributed by atoms with Gasteiger partial charge in [0.1, 0.15) is 16.4 Å². The Bertz CT molecular complexity index is 942. The van der Waals surface area contributed by atoms with Crippen LogP contribution in [0.3, 0.4) is 0 Å². The third-order valence-corrected chi connectivity index (χ3v) is 4.53. The van der Waals surface area contributed by atoms with Gasteiger partial charge in [0.05, 0.1) is 18.9 Å². The van der Waals surface area contributed by atoms with Crippen LogP contribution in [0.25, 0.3) is 22.0 Å². The number of hydroxylamine groups is 1. The van der Waals surface area contributed by atoms with Gasteiger partial charge in [-0.15, -0.1) is 11.3 Å². The number of carbonyl (C=O) groups is 1. The number of thiazole rings is 1. The molecule has 1 amide bonds. The Morgan fingerprint density at radius 3 is 2.59 bits per heavy atom. The highest BCUT2D eigenvalue weighted by Gasteiger charge is 2.13. The van der Waals surface area contributed by atoms with Crippen molar-refractivity contribution in [3.05, 3.63) is 47.5 Å². The van der Waals surface area contributed by atoms with Crippen LogP contribution in [0.15, 0.2) is 41.8 Å². The molecule has 27 heavy (non-hydrogen) atoms. The third-order valence-electron chi connectivity index (χ3n) is 3.64. The topological polar surface area (TPSA) is 93.6 Å². The van der Waals surface area contributed by atoms with Crippen molar-refractivity contribution in [2.24, 2.45) is 0 Å². The Morgan fingerprint density at radius 1 is 1.07 bits per heavy atom. The maximum Gasteiger partial charge on any atom is 0.293 e. The monoisotopic (exact) mass is 385 g/mol. The summed E-state index contributed by atoms with van der Waals surface area (Å²) in [5.41, 5.74) is 3.80. The molecular weight excluding hydrogens is 366 g/mol. The van der Waals surface area contributed by atoms with E-state index >= 15 is 0 Å². The number of ether oxygens (including phenoxy) is 2. The van der Waals surface area contributed by atoms with Crippen LogP contribution >= 0.6 is 11.3 Å². The fraction of sp³-hybridized carbons (Fsp3) is 0.211. The molecule has 0 aliphatic rings. The molecule has 140 valence electrons. The first kappa shape index (κ1) is 18.8. The molecule has 0 aliphatic carbocycles. The van der Waals surface area contributed by atoms with E-state index in [0.29, 0.717) is 36.1 Å². The molecule has 2 N–H and O–H groups in total. The highest BCUT2D eigenvalue weighted by atomic mass is 32.1. The minimum atomic E-state index is -0.667. The number of carbonyl (C=O) groups excluding carboxylic acids is 1. The zero-order valence-corrected chi connectivity index (χ0v) is 15.7. The third kappa shape index (κ3) is 4.24. The molecule has 0 unspecified atom stereocenters. The summed E-state index contributed by atoms with van der Waals surface area (Å²) in [5.74, 6) is 0.706. The molecule has 7 nitrogen and oxygen atoms in total. The van der Waals surface area contributed by atoms with E-state index in [2.05, 4.69) is 9.97 Å². The van der Waals surface area contributed by atoms with Gasteiger partial charge in [-0.2, -0.15) is 0 Å². The summed E-state index contributed by atoms with van der Waals surface area (Å²) >= 11 is 1.47. The molecule has 2 aromatic heterocycles. The van der Waals surface area contributed by atoms with E-state index in [0.717, 1.165) is 10.6 Å². The summed E-state index contributed by atoms with van der Waals surface area (Å²) in [6.45, 7) is 4.94. The first-order valence-electron chi connectivity index (χ1n) is 8.43. The second kappa shape index (κ2) is 8.61. The minimum Gasteiger partial charge on any atom is -0.490 e. The number of rotatable bonds is 7. The SMILES string of the molecule is CCOc1ccc(-c2nc(-c3cccc(C(=O)NO)n3)cs2)cc1OCC. The van der Waals surface area contributed by atoms with Gasteiger partial charge in [0, 0.05) is 10.9 Å². The zero-order chi connectivity index (χ0) is 19.2. The first-order chi connectivity index (χ1) is 13.2. The quantitative estimate of drug-likeness (QED) is 0.475. The summed E-state index contributed by atoms with van der Waals surface area (Å²) < 4.78 is 11.3. The molecule has 0 fully saturated rings. The molecule has 0 spiro atoms. The number of pyridine rings is 1. The van der Waals surface area contributed by atoms with Crippen LogP contribution in [0.5, 0.6) is 11.5 Å². The van der Waals surface area contributed by atoms with Crippen molar-refractivity contribution in [3.8, 4) is 33.5 Å². The Morgan fingerprint density at radius 2 is 1.85 bits per heavy atom. The summed E-state index contributed by atoms with van der Waals surface area (Å²) in [6.07, 6.45) is 0. The van der Waals surface area contributed by atoms with Crippen molar-refractivity contribution in [2.75, 3.05) is 13.2 Å². The second-order valence-corrected chi connectivity index (χ2v) is 6.27. The minimum absolute atomic E-state index is 0.115. The number of hydrogen-bond acceptors (Lipinski definition) is 7. The molecule has 3 aromatic rings. The lowest BCUT2D eigenvalue weighted by Gasteiger charge is -2.11. The van der Waals surface area contributed by atoms with Gasteiger partial charge in [-0.25, -0.2) is 15.4 Å². The van der Waals surface area contributed by atoms with E-state index in [9.17, 15) is 4.79 Å². The van der Waals surface area contributed by atoms with Gasteiger partial charge in [-0.3, -0.25) is 10.0 Å². The summed E-state index contributed by atoms with van der Waals surface area (Å²) in [5, 5.41) is 11.4. The zero-order valence-electron chi connectivity index (χ0n) is 14.9. The Hall–Kier alpha value is -2.97. The Balaban J connectivity index is 1.92. The molecule has 0 saturated heterocycles. The van der Waals surface area contributed by atoms with Crippen LogP contribution in [0.1, 0.15) is 24.3 Å². The standard InChI is InChI=1S/C19H19N3O4S/c1-3-25-16-9-8-12(10-17(16)26-4-2)19-21-15(11-27-19)13-6-5-7-14(20-13)18(23)22-24/h5-11,24H,3-4H2,1-2H3,(H,22,23). The Labute approximate surface area is 160 Å². The average Bonchev–Trinajstić information content (AvgIpc) is 3.19. The van der Waals surface area contributed by atoms with Crippen LogP contribution in [0.2, 0.25) is 0 Å². The van der Waals surface area contributed by atoms with Gasteiger partial charge in [0.25, 0.3) is 5.91 Å². The van der Waals surface area contributed by atoms with Crippen molar-refractivity contribution < 1.29 is 19.5 Å². The molecular formula is C19H19N3O4S. The van der Waals surface area contributed by atoms with Crippen LogP contribution in [-0.4, -0.2) is 34.3 Å². The molecule has 8 heteroatoms. The lowest BCUT2D eigenvalue weighted by atomic mass is 10.2. The normalized spacial score (nSPS) is 10.5.